The summed E-state index contributed by atoms with van der Waals surface area (Å²) in [5.74, 6) is 0.735. The van der Waals surface area contributed by atoms with Crippen molar-refractivity contribution in [3.05, 3.63) is 66.7 Å². The highest BCUT2D eigenvalue weighted by Gasteiger charge is 2.04. The summed E-state index contributed by atoms with van der Waals surface area (Å²) >= 11 is 0. The van der Waals surface area contributed by atoms with Crippen LogP contribution in [-0.2, 0) is 4.79 Å². The largest absolute Gasteiger partial charge is 0.491 e. The first-order valence-electron chi connectivity index (χ1n) is 8.39. The number of fused-ring (bicyclic) bond motifs is 1. The van der Waals surface area contributed by atoms with Crippen LogP contribution in [0.5, 0.6) is 5.75 Å². The van der Waals surface area contributed by atoms with Crippen molar-refractivity contribution in [2.75, 3.05) is 17.2 Å². The second kappa shape index (κ2) is 7.71. The SMILES string of the molecule is CC(C)Oc1ccc(NCC(=O)Nc2ccc3ccccc3c2)cc1. The van der Waals surface area contributed by atoms with Crippen LogP contribution in [0, 0.1) is 0 Å². The average Bonchev–Trinajstić information content (AvgIpc) is 2.60. The van der Waals surface area contributed by atoms with Gasteiger partial charge < -0.3 is 15.4 Å². The number of nitrogens with one attached hydrogen (secondary N) is 2. The number of ether oxygens (including phenoxy) is 1. The molecule has 4 heteroatoms. The van der Waals surface area contributed by atoms with E-state index in [9.17, 15) is 4.79 Å². The minimum Gasteiger partial charge on any atom is -0.491 e. The summed E-state index contributed by atoms with van der Waals surface area (Å²) in [7, 11) is 0. The molecule has 0 bridgehead atoms. The van der Waals surface area contributed by atoms with Crippen molar-refractivity contribution < 1.29 is 9.53 Å². The van der Waals surface area contributed by atoms with Crippen LogP contribution in [0.4, 0.5) is 11.4 Å². The Balaban J connectivity index is 1.55. The quantitative estimate of drug-likeness (QED) is 0.688. The lowest BCUT2D eigenvalue weighted by Crippen LogP contribution is -2.21. The summed E-state index contributed by atoms with van der Waals surface area (Å²) in [5, 5.41) is 8.29. The monoisotopic (exact) mass is 334 g/mol. The van der Waals surface area contributed by atoms with Gasteiger partial charge in [-0.15, -0.1) is 0 Å². The van der Waals surface area contributed by atoms with Gasteiger partial charge in [0.2, 0.25) is 5.91 Å². The third-order valence-electron chi connectivity index (χ3n) is 3.71. The fraction of sp³-hybridized carbons (Fsp3) is 0.190. The van der Waals surface area contributed by atoms with Gasteiger partial charge in [-0.3, -0.25) is 4.79 Å². The van der Waals surface area contributed by atoms with E-state index in [0.29, 0.717) is 0 Å². The van der Waals surface area contributed by atoms with Crippen LogP contribution in [0.25, 0.3) is 10.8 Å². The van der Waals surface area contributed by atoms with Gasteiger partial charge in [0.25, 0.3) is 0 Å². The van der Waals surface area contributed by atoms with Gasteiger partial charge in [-0.2, -0.15) is 0 Å². The molecule has 0 unspecified atom stereocenters. The number of benzene rings is 3. The number of anilines is 2. The average molecular weight is 334 g/mol. The highest BCUT2D eigenvalue weighted by molar-refractivity contribution is 5.96. The molecule has 0 spiro atoms. The lowest BCUT2D eigenvalue weighted by molar-refractivity contribution is -0.114. The van der Waals surface area contributed by atoms with Crippen molar-refractivity contribution in [1.29, 1.82) is 0 Å². The van der Waals surface area contributed by atoms with Crippen LogP contribution in [0.3, 0.4) is 0 Å². The first-order valence-corrected chi connectivity index (χ1v) is 8.39. The van der Waals surface area contributed by atoms with Crippen molar-refractivity contribution in [2.24, 2.45) is 0 Å². The van der Waals surface area contributed by atoms with Crippen molar-refractivity contribution >= 4 is 28.1 Å². The Morgan fingerprint density at radius 1 is 0.920 bits per heavy atom. The molecule has 0 aliphatic carbocycles. The fourth-order valence-electron chi connectivity index (χ4n) is 2.58. The molecule has 0 heterocycles. The van der Waals surface area contributed by atoms with E-state index >= 15 is 0 Å². The second-order valence-corrected chi connectivity index (χ2v) is 6.15. The van der Waals surface area contributed by atoms with Crippen LogP contribution in [0.2, 0.25) is 0 Å². The molecule has 0 aliphatic heterocycles. The van der Waals surface area contributed by atoms with Crippen LogP contribution < -0.4 is 15.4 Å². The number of hydrogen-bond acceptors (Lipinski definition) is 3. The Kier molecular flexibility index (Phi) is 5.19. The topological polar surface area (TPSA) is 50.4 Å². The van der Waals surface area contributed by atoms with E-state index in [1.807, 2.05) is 74.5 Å². The summed E-state index contributed by atoms with van der Waals surface area (Å²) < 4.78 is 5.60. The van der Waals surface area contributed by atoms with Crippen LogP contribution >= 0.6 is 0 Å². The minimum absolute atomic E-state index is 0.0854. The zero-order chi connectivity index (χ0) is 17.6. The number of rotatable bonds is 6. The fourth-order valence-corrected chi connectivity index (χ4v) is 2.58. The second-order valence-electron chi connectivity index (χ2n) is 6.15. The number of carbonyl (C=O) groups excluding carboxylic acids is 1. The Hall–Kier alpha value is -3.01. The minimum atomic E-state index is -0.0854. The maximum Gasteiger partial charge on any atom is 0.243 e. The van der Waals surface area contributed by atoms with E-state index in [1.54, 1.807) is 0 Å². The molecule has 0 aliphatic rings. The highest BCUT2D eigenvalue weighted by Crippen LogP contribution is 2.19. The Labute approximate surface area is 147 Å². The molecule has 128 valence electrons. The number of amides is 1. The normalized spacial score (nSPS) is 10.7. The van der Waals surface area contributed by atoms with Gasteiger partial charge in [0, 0.05) is 11.4 Å². The molecule has 2 N–H and O–H groups in total. The molecular weight excluding hydrogens is 312 g/mol. The standard InChI is InChI=1S/C21H22N2O2/c1-15(2)25-20-11-9-18(10-12-20)22-14-21(24)23-19-8-7-16-5-3-4-6-17(16)13-19/h3-13,15,22H,14H2,1-2H3,(H,23,24). The summed E-state index contributed by atoms with van der Waals surface area (Å²) in [6.07, 6.45) is 0.145. The summed E-state index contributed by atoms with van der Waals surface area (Å²) in [5.41, 5.74) is 1.68. The third-order valence-corrected chi connectivity index (χ3v) is 3.71. The lowest BCUT2D eigenvalue weighted by Gasteiger charge is -2.11. The van der Waals surface area contributed by atoms with Crippen LogP contribution in [-0.4, -0.2) is 18.6 Å². The Bertz CT molecular complexity index is 857. The van der Waals surface area contributed by atoms with Gasteiger partial charge in [0.05, 0.1) is 12.6 Å². The highest BCUT2D eigenvalue weighted by atomic mass is 16.5. The Morgan fingerprint density at radius 2 is 1.60 bits per heavy atom. The molecule has 3 rings (SSSR count). The summed E-state index contributed by atoms with van der Waals surface area (Å²) in [4.78, 5) is 12.1. The Morgan fingerprint density at radius 3 is 2.32 bits per heavy atom. The molecule has 3 aromatic rings. The summed E-state index contributed by atoms with van der Waals surface area (Å²) in [6.45, 7) is 4.18. The molecule has 0 saturated heterocycles. The van der Waals surface area contributed by atoms with E-state index in [2.05, 4.69) is 16.7 Å². The van der Waals surface area contributed by atoms with E-state index in [4.69, 9.17) is 4.74 Å². The maximum absolute atomic E-state index is 12.1. The lowest BCUT2D eigenvalue weighted by atomic mass is 10.1. The van der Waals surface area contributed by atoms with Gasteiger partial charge in [0.15, 0.2) is 0 Å². The van der Waals surface area contributed by atoms with Gasteiger partial charge in [-0.25, -0.2) is 0 Å². The smallest absolute Gasteiger partial charge is 0.243 e. The number of hydrogen-bond donors (Lipinski definition) is 2. The molecule has 0 fully saturated rings. The predicted molar refractivity (Wildman–Crippen MR) is 103 cm³/mol. The zero-order valence-corrected chi connectivity index (χ0v) is 14.5. The van der Waals surface area contributed by atoms with Gasteiger partial charge >= 0.3 is 0 Å². The van der Waals surface area contributed by atoms with Gasteiger partial charge in [-0.1, -0.05) is 30.3 Å². The molecule has 0 atom stereocenters. The molecule has 0 saturated carbocycles. The first-order chi connectivity index (χ1) is 12.1. The molecule has 1 amide bonds. The molecule has 0 radical (unpaired) electrons. The van der Waals surface area contributed by atoms with Crippen molar-refractivity contribution in [1.82, 2.24) is 0 Å². The van der Waals surface area contributed by atoms with Crippen molar-refractivity contribution in [3.8, 4) is 5.75 Å². The van der Waals surface area contributed by atoms with Crippen molar-refractivity contribution in [3.63, 3.8) is 0 Å². The van der Waals surface area contributed by atoms with Gasteiger partial charge in [0.1, 0.15) is 5.75 Å². The van der Waals surface area contributed by atoms with Gasteiger partial charge in [-0.05, 0) is 61.0 Å². The van der Waals surface area contributed by atoms with E-state index in [1.165, 1.54) is 0 Å². The molecule has 25 heavy (non-hydrogen) atoms. The van der Waals surface area contributed by atoms with E-state index < -0.39 is 0 Å². The molecule has 4 nitrogen and oxygen atoms in total. The van der Waals surface area contributed by atoms with Crippen molar-refractivity contribution in [2.45, 2.75) is 20.0 Å². The zero-order valence-electron chi connectivity index (χ0n) is 14.5. The molecule has 0 aromatic heterocycles. The first kappa shape index (κ1) is 16.8. The number of carbonyl (C=O) groups is 1. The predicted octanol–water partition coefficient (Wildman–Crippen LogP) is 4.68. The molecular formula is C21H22N2O2. The third kappa shape index (κ3) is 4.73. The summed E-state index contributed by atoms with van der Waals surface area (Å²) in [6, 6.07) is 21.6. The molecule has 3 aromatic carbocycles. The van der Waals surface area contributed by atoms with E-state index in [-0.39, 0.29) is 18.6 Å². The van der Waals surface area contributed by atoms with E-state index in [0.717, 1.165) is 27.9 Å². The maximum atomic E-state index is 12.1. The van der Waals surface area contributed by atoms with Crippen LogP contribution in [0.15, 0.2) is 66.7 Å². The van der Waals surface area contributed by atoms with Crippen LogP contribution in [0.1, 0.15) is 13.8 Å².